The first-order valence-electron chi connectivity index (χ1n) is 17.6. The van der Waals surface area contributed by atoms with Gasteiger partial charge in [-0.05, 0) is 46.3 Å². The van der Waals surface area contributed by atoms with Crippen LogP contribution in [0, 0.1) is 17.7 Å². The number of nitrogens with one attached hydrogen (secondary N) is 3. The number of aliphatic hydroxyl groups excluding tert-OH is 1. The maximum absolute atomic E-state index is 14.5. The highest BCUT2D eigenvalue weighted by molar-refractivity contribution is 6.30. The maximum atomic E-state index is 14.5. The predicted molar refractivity (Wildman–Crippen MR) is 204 cm³/mol. The maximum Gasteiger partial charge on any atom is 0.407 e. The molecule has 0 fully saturated rings. The van der Waals surface area contributed by atoms with E-state index in [1.54, 1.807) is 38.1 Å². The molecule has 3 amide bonds. The molecule has 0 aliphatic rings. The molecular formula is C37H44Cl2FN5O14. The van der Waals surface area contributed by atoms with Gasteiger partial charge in [-0.1, -0.05) is 68.2 Å². The lowest BCUT2D eigenvalue weighted by Crippen LogP contribution is -2.48. The fourth-order valence-corrected chi connectivity index (χ4v) is 5.67. The average Bonchev–Trinajstić information content (AvgIpc) is 3.69. The van der Waals surface area contributed by atoms with Gasteiger partial charge in [0.15, 0.2) is 11.7 Å². The van der Waals surface area contributed by atoms with E-state index in [9.17, 15) is 38.3 Å². The molecule has 1 heterocycles. The molecule has 22 heteroatoms. The van der Waals surface area contributed by atoms with Crippen LogP contribution < -0.4 is 20.8 Å². The fraction of sp³-hybridized carbons (Fsp3) is 0.432. The highest BCUT2D eigenvalue weighted by atomic mass is 35.5. The highest BCUT2D eigenvalue weighted by Crippen LogP contribution is 2.27. The molecule has 0 radical (unpaired) electrons. The number of aromatic nitrogens is 1. The number of hydrogen-bond donors (Lipinski definition) is 4. The van der Waals surface area contributed by atoms with E-state index in [2.05, 4.69) is 30.7 Å². The molecular weight excluding hydrogens is 828 g/mol. The molecule has 0 bridgehead atoms. The van der Waals surface area contributed by atoms with Crippen molar-refractivity contribution >= 4 is 59.2 Å². The minimum atomic E-state index is -1.93. The van der Waals surface area contributed by atoms with Gasteiger partial charge in [-0.25, -0.2) is 33.4 Å². The number of hydrogen-bond acceptors (Lipinski definition) is 16. The number of alkyl halides is 1. The topological polar surface area (TPSA) is 243 Å². The first-order valence-corrected chi connectivity index (χ1v) is 18.4. The molecule has 5 atom stereocenters. The molecule has 322 valence electrons. The Labute approximate surface area is 347 Å². The zero-order chi connectivity index (χ0) is 43.8. The molecule has 59 heavy (non-hydrogen) atoms. The summed E-state index contributed by atoms with van der Waals surface area (Å²) in [6.07, 6.45) is -4.06. The number of halogens is 3. The van der Waals surface area contributed by atoms with Crippen molar-refractivity contribution in [1.29, 1.82) is 0 Å². The molecule has 0 aliphatic carbocycles. The summed E-state index contributed by atoms with van der Waals surface area (Å²) in [6, 6.07) is 9.20. The lowest BCUT2D eigenvalue weighted by atomic mass is 9.98. The van der Waals surface area contributed by atoms with Crippen LogP contribution in [0.3, 0.4) is 0 Å². The van der Waals surface area contributed by atoms with Crippen LogP contribution in [0.5, 0.6) is 5.88 Å². The molecule has 19 nitrogen and oxygen atoms in total. The summed E-state index contributed by atoms with van der Waals surface area (Å²) < 4.78 is 48.8. The molecule has 3 rings (SSSR count). The summed E-state index contributed by atoms with van der Waals surface area (Å²) in [7, 11) is 3.48. The second-order valence-corrected chi connectivity index (χ2v) is 13.9. The Morgan fingerprint density at radius 3 is 2.10 bits per heavy atom. The highest BCUT2D eigenvalue weighted by Gasteiger charge is 2.34. The van der Waals surface area contributed by atoms with Crippen molar-refractivity contribution in [3.63, 3.8) is 0 Å². The van der Waals surface area contributed by atoms with Gasteiger partial charge in [0.25, 0.3) is 5.88 Å². The third kappa shape index (κ3) is 14.9. The van der Waals surface area contributed by atoms with Crippen LogP contribution in [0.1, 0.15) is 43.3 Å². The third-order valence-corrected chi connectivity index (χ3v) is 8.78. The van der Waals surface area contributed by atoms with E-state index in [1.165, 1.54) is 38.3 Å². The molecule has 2 unspecified atom stereocenters. The molecule has 0 saturated carbocycles. The number of rotatable bonds is 20. The number of carbonyl (C=O) groups excluding carboxylic acids is 6. The Kier molecular flexibility index (Phi) is 18.6. The lowest BCUT2D eigenvalue weighted by Gasteiger charge is -2.26. The Balaban J connectivity index is 1.65. The van der Waals surface area contributed by atoms with Crippen LogP contribution in [-0.2, 0) is 44.6 Å². The van der Waals surface area contributed by atoms with Crippen LogP contribution >= 0.6 is 23.2 Å². The number of hydrazine groups is 1. The van der Waals surface area contributed by atoms with Gasteiger partial charge in [-0.2, -0.15) is 0 Å². The number of nitrogens with zero attached hydrogens (tertiary/aromatic N) is 2. The number of carbonyl (C=O) groups is 6. The van der Waals surface area contributed by atoms with Crippen molar-refractivity contribution in [3.05, 3.63) is 70.7 Å². The zero-order valence-electron chi connectivity index (χ0n) is 32.7. The SMILES string of the molecule is COC(=O)N[C@H](C(=O)OC(Cl)CC(C)[C@H](NC(=O)OC)C(=O)OCOC(=O)[C@H](O)CN(Cc1ccc(-c2cc(Cl)ccc2F)cc1)NC(=O)c1cc(OC)no1)C(C)C. The van der Waals surface area contributed by atoms with E-state index >= 15 is 0 Å². The van der Waals surface area contributed by atoms with E-state index < -0.39 is 90.7 Å². The van der Waals surface area contributed by atoms with Gasteiger partial charge in [0.2, 0.25) is 12.6 Å². The minimum Gasteiger partial charge on any atom is -0.479 e. The molecule has 3 aromatic rings. The average molecular weight is 873 g/mol. The molecule has 2 aromatic carbocycles. The van der Waals surface area contributed by atoms with Crippen molar-refractivity contribution in [2.45, 2.75) is 57.5 Å². The van der Waals surface area contributed by atoms with Gasteiger partial charge in [0.05, 0.1) is 33.9 Å². The van der Waals surface area contributed by atoms with Crippen molar-refractivity contribution in [2.75, 3.05) is 34.7 Å². The Hall–Kier alpha value is -5.70. The molecule has 4 N–H and O–H groups in total. The van der Waals surface area contributed by atoms with Crippen LogP contribution in [-0.4, -0.2) is 110 Å². The number of methoxy groups -OCH3 is 3. The predicted octanol–water partition coefficient (Wildman–Crippen LogP) is 3.93. The number of aliphatic hydroxyl groups is 1. The first-order chi connectivity index (χ1) is 27.9. The largest absolute Gasteiger partial charge is 0.479 e. The third-order valence-electron chi connectivity index (χ3n) is 8.28. The van der Waals surface area contributed by atoms with Gasteiger partial charge >= 0.3 is 36.0 Å². The second-order valence-electron chi connectivity index (χ2n) is 13.0. The number of alkyl carbamates (subject to hydrolysis) is 2. The van der Waals surface area contributed by atoms with E-state index in [0.717, 1.165) is 19.2 Å². The van der Waals surface area contributed by atoms with E-state index in [0.29, 0.717) is 16.1 Å². The van der Waals surface area contributed by atoms with Crippen molar-refractivity contribution in [1.82, 2.24) is 26.2 Å². The second kappa shape index (κ2) is 23.0. The summed E-state index contributed by atoms with van der Waals surface area (Å²) in [4.78, 5) is 75.4. The van der Waals surface area contributed by atoms with Crippen LogP contribution in [0.15, 0.2) is 53.1 Å². The minimum absolute atomic E-state index is 0.0119. The summed E-state index contributed by atoms with van der Waals surface area (Å²) in [5, 5.41) is 20.5. The number of benzene rings is 2. The van der Waals surface area contributed by atoms with Gasteiger partial charge in [-0.15, -0.1) is 0 Å². The number of ether oxygens (including phenoxy) is 6. The van der Waals surface area contributed by atoms with Gasteiger partial charge < -0.3 is 48.7 Å². The zero-order valence-corrected chi connectivity index (χ0v) is 34.2. The van der Waals surface area contributed by atoms with Gasteiger partial charge in [-0.3, -0.25) is 10.2 Å². The quantitative estimate of drug-likeness (QED) is 0.0413. The van der Waals surface area contributed by atoms with Gasteiger partial charge in [0.1, 0.15) is 17.9 Å². The van der Waals surface area contributed by atoms with Crippen LogP contribution in [0.2, 0.25) is 5.02 Å². The Morgan fingerprint density at radius 1 is 0.881 bits per heavy atom. The Morgan fingerprint density at radius 2 is 1.51 bits per heavy atom. The van der Waals surface area contributed by atoms with Crippen LogP contribution in [0.25, 0.3) is 11.1 Å². The van der Waals surface area contributed by atoms with Gasteiger partial charge in [0, 0.05) is 23.6 Å². The Bertz CT molecular complexity index is 1920. The van der Waals surface area contributed by atoms with Crippen molar-refractivity contribution < 1.29 is 71.2 Å². The normalized spacial score (nSPS) is 13.6. The smallest absolute Gasteiger partial charge is 0.407 e. The van der Waals surface area contributed by atoms with Crippen molar-refractivity contribution in [2.24, 2.45) is 11.8 Å². The standard InChI is InChI=1S/C37H44Cl2FN5O14/c1-19(2)30(41-36(51)54-5)35(50)58-28(39)13-20(3)31(42-37(52)55-6)34(49)57-18-56-33(48)26(46)17-45(43-32(47)27-15-29(53-4)44-59-27)16-21-7-9-22(10-8-21)24-14-23(38)11-12-25(24)40/h7-12,14-15,19-20,26,28,30-31,46H,13,16-18H2,1-6H3,(H,41,51)(H,42,52)(H,43,47)/t20?,26-,28?,30+,31+/m1/s1. The van der Waals surface area contributed by atoms with Crippen molar-refractivity contribution in [3.8, 4) is 17.0 Å². The molecule has 0 aliphatic heterocycles. The first kappa shape index (κ1) is 47.7. The number of esters is 3. The molecule has 0 spiro atoms. The summed E-state index contributed by atoms with van der Waals surface area (Å²) in [5.74, 6) is -6.15. The molecule has 0 saturated heterocycles. The fourth-order valence-electron chi connectivity index (χ4n) is 5.13. The summed E-state index contributed by atoms with van der Waals surface area (Å²) in [6.45, 7) is 3.05. The van der Waals surface area contributed by atoms with E-state index in [1.807, 2.05) is 0 Å². The van der Waals surface area contributed by atoms with E-state index in [4.69, 9.17) is 46.7 Å². The summed E-state index contributed by atoms with van der Waals surface area (Å²) >= 11 is 12.3. The lowest BCUT2D eigenvalue weighted by molar-refractivity contribution is -0.176. The van der Waals surface area contributed by atoms with Crippen LogP contribution in [0.4, 0.5) is 14.0 Å². The monoisotopic (exact) mass is 871 g/mol. The summed E-state index contributed by atoms with van der Waals surface area (Å²) in [5.41, 5.74) is 2.46. The molecule has 1 aromatic heterocycles. The number of amides is 3. The van der Waals surface area contributed by atoms with E-state index in [-0.39, 0.29) is 30.2 Å².